The van der Waals surface area contributed by atoms with Crippen molar-refractivity contribution in [3.8, 4) is 0 Å². The predicted molar refractivity (Wildman–Crippen MR) is 42.0 cm³/mol. The van der Waals surface area contributed by atoms with Crippen molar-refractivity contribution in [2.24, 2.45) is 0 Å². The Labute approximate surface area is 94.0 Å². The lowest BCUT2D eigenvalue weighted by Gasteiger charge is -2.12. The van der Waals surface area contributed by atoms with Crippen molar-refractivity contribution in [1.82, 2.24) is 0 Å². The molecule has 0 saturated carbocycles. The maximum atomic E-state index is 13.0. The molecule has 1 aromatic carbocycles. The van der Waals surface area contributed by atoms with Gasteiger partial charge in [0.15, 0.2) is 23.3 Å². The molecule has 0 saturated heterocycles. The summed E-state index contributed by atoms with van der Waals surface area (Å²) >= 11 is 0. The van der Waals surface area contributed by atoms with Crippen molar-refractivity contribution in [2.75, 3.05) is 0 Å². The van der Waals surface area contributed by atoms with Gasteiger partial charge in [-0.2, -0.15) is 13.2 Å². The van der Waals surface area contributed by atoms with Crippen LogP contribution in [0.25, 0.3) is 0 Å². The van der Waals surface area contributed by atoms with Crippen LogP contribution >= 0.6 is 0 Å². The summed E-state index contributed by atoms with van der Waals surface area (Å²) in [5, 5.41) is 9.98. The molecule has 1 aromatic rings. The van der Waals surface area contributed by atoms with Gasteiger partial charge in [0.2, 0.25) is 6.54 Å². The van der Waals surface area contributed by atoms with Crippen LogP contribution in [-0.2, 0) is 12.7 Å². The largest absolute Gasteiger partial charge is 0.422 e. The molecule has 0 amide bonds. The molecule has 0 unspecified atom stereocenters. The van der Waals surface area contributed by atoms with Crippen LogP contribution in [0.1, 0.15) is 11.1 Å². The highest BCUT2D eigenvalue weighted by Crippen LogP contribution is 2.36. The number of nitro groups is 1. The average Bonchev–Trinajstić information content (AvgIpc) is 2.19. The van der Waals surface area contributed by atoms with Crippen LogP contribution in [0.15, 0.2) is 0 Å². The van der Waals surface area contributed by atoms with Gasteiger partial charge in [-0.05, 0) is 0 Å². The Balaban J connectivity index is 3.61. The van der Waals surface area contributed by atoms with Crippen molar-refractivity contribution in [1.29, 1.82) is 0 Å². The van der Waals surface area contributed by atoms with Gasteiger partial charge in [-0.25, -0.2) is 17.6 Å². The van der Waals surface area contributed by atoms with E-state index in [0.717, 1.165) is 0 Å². The molecule has 0 aliphatic rings. The lowest BCUT2D eigenvalue weighted by Crippen LogP contribution is -2.18. The fourth-order valence-electron chi connectivity index (χ4n) is 1.19. The van der Waals surface area contributed by atoms with E-state index < -0.39 is 52.0 Å². The van der Waals surface area contributed by atoms with E-state index in [1.165, 1.54) is 0 Å². The van der Waals surface area contributed by atoms with Crippen LogP contribution in [0.4, 0.5) is 30.7 Å². The zero-order chi connectivity index (χ0) is 14.2. The number of halogens is 7. The number of hydrogen-bond donors (Lipinski definition) is 0. The molecule has 100 valence electrons. The summed E-state index contributed by atoms with van der Waals surface area (Å²) in [6.07, 6.45) is -5.66. The van der Waals surface area contributed by atoms with E-state index in [0.29, 0.717) is 0 Å². The van der Waals surface area contributed by atoms with E-state index in [-0.39, 0.29) is 0 Å². The zero-order valence-electron chi connectivity index (χ0n) is 8.12. The molecule has 0 heterocycles. The zero-order valence-corrected chi connectivity index (χ0v) is 8.12. The van der Waals surface area contributed by atoms with Gasteiger partial charge in [0.05, 0.1) is 5.56 Å². The first-order valence-electron chi connectivity index (χ1n) is 4.11. The summed E-state index contributed by atoms with van der Waals surface area (Å²) in [6, 6.07) is 0. The molecule has 0 aliphatic heterocycles. The molecule has 0 bridgehead atoms. The first kappa shape index (κ1) is 14.2. The minimum Gasteiger partial charge on any atom is -0.264 e. The second-order valence-electron chi connectivity index (χ2n) is 3.10. The van der Waals surface area contributed by atoms with E-state index >= 15 is 0 Å². The lowest BCUT2D eigenvalue weighted by atomic mass is 10.1. The van der Waals surface area contributed by atoms with E-state index in [2.05, 4.69) is 0 Å². The highest BCUT2D eigenvalue weighted by Gasteiger charge is 2.42. The highest BCUT2D eigenvalue weighted by atomic mass is 19.4. The molecule has 0 radical (unpaired) electrons. The molecule has 0 aliphatic carbocycles. The summed E-state index contributed by atoms with van der Waals surface area (Å²) in [7, 11) is 0. The van der Waals surface area contributed by atoms with Gasteiger partial charge < -0.3 is 0 Å². The Hall–Kier alpha value is -1.87. The molecule has 0 atom stereocenters. The molecule has 1 rings (SSSR count). The highest BCUT2D eigenvalue weighted by molar-refractivity contribution is 5.31. The third-order valence-electron chi connectivity index (χ3n) is 1.92. The Morgan fingerprint density at radius 1 is 0.944 bits per heavy atom. The summed E-state index contributed by atoms with van der Waals surface area (Å²) in [5.41, 5.74) is -4.47. The molecule has 18 heavy (non-hydrogen) atoms. The Morgan fingerprint density at radius 2 is 1.33 bits per heavy atom. The monoisotopic (exact) mass is 277 g/mol. The van der Waals surface area contributed by atoms with Gasteiger partial charge in [0.1, 0.15) is 5.56 Å². The smallest absolute Gasteiger partial charge is 0.264 e. The van der Waals surface area contributed by atoms with Crippen LogP contribution in [0.2, 0.25) is 0 Å². The molecule has 0 N–H and O–H groups in total. The fraction of sp³-hybridized carbons (Fsp3) is 0.250. The van der Waals surface area contributed by atoms with E-state index in [1.54, 1.807) is 0 Å². The Bertz CT molecular complexity index is 482. The Kier molecular flexibility index (Phi) is 3.49. The van der Waals surface area contributed by atoms with Crippen LogP contribution in [0, 0.1) is 33.4 Å². The maximum absolute atomic E-state index is 13.0. The summed E-state index contributed by atoms with van der Waals surface area (Å²) < 4.78 is 88.2. The van der Waals surface area contributed by atoms with Gasteiger partial charge in [0.25, 0.3) is 0 Å². The maximum Gasteiger partial charge on any atom is 0.422 e. The molecule has 0 fully saturated rings. The van der Waals surface area contributed by atoms with E-state index in [4.69, 9.17) is 0 Å². The minimum absolute atomic E-state index is 1.34. The van der Waals surface area contributed by atoms with Gasteiger partial charge in [0, 0.05) is 4.92 Å². The predicted octanol–water partition coefficient (Wildman–Crippen LogP) is 3.04. The van der Waals surface area contributed by atoms with Crippen LogP contribution in [-0.4, -0.2) is 4.92 Å². The number of benzene rings is 1. The van der Waals surface area contributed by atoms with Crippen molar-refractivity contribution in [2.45, 2.75) is 12.7 Å². The number of nitrogens with zero attached hydrogens (tertiary/aromatic N) is 1. The summed E-state index contributed by atoms with van der Waals surface area (Å²) in [4.78, 5) is 8.64. The quantitative estimate of drug-likeness (QED) is 0.361. The molecule has 10 heteroatoms. The van der Waals surface area contributed by atoms with Crippen molar-refractivity contribution in [3.05, 3.63) is 44.5 Å². The van der Waals surface area contributed by atoms with Crippen molar-refractivity contribution >= 4 is 0 Å². The fourth-order valence-corrected chi connectivity index (χ4v) is 1.19. The number of hydrogen-bond acceptors (Lipinski definition) is 2. The number of alkyl halides is 3. The van der Waals surface area contributed by atoms with Crippen LogP contribution in [0.3, 0.4) is 0 Å². The molecule has 3 nitrogen and oxygen atoms in total. The second-order valence-corrected chi connectivity index (χ2v) is 3.10. The normalized spacial score (nSPS) is 11.7. The second kappa shape index (κ2) is 4.42. The van der Waals surface area contributed by atoms with Gasteiger partial charge in [-0.1, -0.05) is 0 Å². The van der Waals surface area contributed by atoms with Crippen molar-refractivity contribution < 1.29 is 35.7 Å². The first-order valence-corrected chi connectivity index (χ1v) is 4.11. The topological polar surface area (TPSA) is 43.1 Å². The van der Waals surface area contributed by atoms with Gasteiger partial charge in [-0.15, -0.1) is 0 Å². The Morgan fingerprint density at radius 3 is 1.61 bits per heavy atom. The summed E-state index contributed by atoms with van der Waals surface area (Å²) in [6.45, 7) is -1.68. The van der Waals surface area contributed by atoms with Crippen LogP contribution < -0.4 is 0 Å². The number of rotatable bonds is 2. The van der Waals surface area contributed by atoms with E-state index in [1.807, 2.05) is 0 Å². The van der Waals surface area contributed by atoms with Gasteiger partial charge in [-0.3, -0.25) is 10.1 Å². The van der Waals surface area contributed by atoms with Gasteiger partial charge >= 0.3 is 6.18 Å². The standard InChI is InChI=1S/C8H2F7NO2/c9-4-2(1-16(17)18)5(10)7(12)3(6(4)11)8(13,14)15/h1H2. The third-order valence-corrected chi connectivity index (χ3v) is 1.92. The third kappa shape index (κ3) is 2.36. The molecular formula is C8H2F7NO2. The molecule has 0 spiro atoms. The SMILES string of the molecule is O=[N+]([O-])Cc1c(F)c(F)c(C(F)(F)F)c(F)c1F. The lowest BCUT2D eigenvalue weighted by molar-refractivity contribution is -0.497. The van der Waals surface area contributed by atoms with Crippen molar-refractivity contribution in [3.63, 3.8) is 0 Å². The minimum atomic E-state index is -5.66. The molecule has 0 aromatic heterocycles. The van der Waals surface area contributed by atoms with Crippen LogP contribution in [0.5, 0.6) is 0 Å². The van der Waals surface area contributed by atoms with E-state index in [9.17, 15) is 40.8 Å². The molecular weight excluding hydrogens is 275 g/mol. The summed E-state index contributed by atoms with van der Waals surface area (Å²) in [5.74, 6) is -10.3. The first-order chi connectivity index (χ1) is 8.07. The average molecular weight is 277 g/mol.